The molecule has 0 aromatic carbocycles. The predicted octanol–water partition coefficient (Wildman–Crippen LogP) is -0.511. The molecule has 1 saturated heterocycles. The van der Waals surface area contributed by atoms with Crippen LogP contribution in [0.15, 0.2) is 0 Å². The summed E-state index contributed by atoms with van der Waals surface area (Å²) in [6.45, 7) is 1.86. The standard InChI is InChI=1S/C10H15N3O2/c11-5-9-7-13(3-4-15-9)10(14)6-12-8-1-2-8/h8-9,12H,1-4,6-7H2. The molecular formula is C10H15N3O2. The number of hydrogen-bond acceptors (Lipinski definition) is 4. The van der Waals surface area contributed by atoms with E-state index >= 15 is 0 Å². The Hall–Kier alpha value is -1.12. The molecule has 0 bridgehead atoms. The second-order valence-electron chi connectivity index (χ2n) is 3.98. The van der Waals surface area contributed by atoms with Gasteiger partial charge >= 0.3 is 0 Å². The fraction of sp³-hybridized carbons (Fsp3) is 0.800. The molecule has 2 rings (SSSR count). The van der Waals surface area contributed by atoms with E-state index in [1.807, 2.05) is 6.07 Å². The average Bonchev–Trinajstić information content (AvgIpc) is 3.10. The number of hydrogen-bond donors (Lipinski definition) is 1. The maximum atomic E-state index is 11.7. The van der Waals surface area contributed by atoms with Crippen molar-refractivity contribution >= 4 is 5.91 Å². The van der Waals surface area contributed by atoms with Gasteiger partial charge in [0.2, 0.25) is 5.91 Å². The normalized spacial score (nSPS) is 26.1. The van der Waals surface area contributed by atoms with Crippen LogP contribution in [0.3, 0.4) is 0 Å². The van der Waals surface area contributed by atoms with Crippen LogP contribution in [-0.4, -0.2) is 49.2 Å². The van der Waals surface area contributed by atoms with E-state index in [9.17, 15) is 4.79 Å². The van der Waals surface area contributed by atoms with Crippen molar-refractivity contribution in [2.24, 2.45) is 0 Å². The lowest BCUT2D eigenvalue weighted by molar-refractivity contribution is -0.136. The van der Waals surface area contributed by atoms with E-state index in [-0.39, 0.29) is 5.91 Å². The van der Waals surface area contributed by atoms with Gasteiger partial charge in [0, 0.05) is 12.6 Å². The molecule has 1 atom stereocenters. The Morgan fingerprint density at radius 2 is 2.40 bits per heavy atom. The monoisotopic (exact) mass is 209 g/mol. The van der Waals surface area contributed by atoms with E-state index in [2.05, 4.69) is 5.32 Å². The van der Waals surface area contributed by atoms with Crippen molar-refractivity contribution in [3.8, 4) is 6.07 Å². The quantitative estimate of drug-likeness (QED) is 0.680. The van der Waals surface area contributed by atoms with E-state index < -0.39 is 6.10 Å². The van der Waals surface area contributed by atoms with Crippen LogP contribution < -0.4 is 5.32 Å². The molecular weight excluding hydrogens is 194 g/mol. The van der Waals surface area contributed by atoms with Gasteiger partial charge in [-0.2, -0.15) is 5.26 Å². The first-order valence-corrected chi connectivity index (χ1v) is 5.32. The van der Waals surface area contributed by atoms with Crippen molar-refractivity contribution in [1.82, 2.24) is 10.2 Å². The van der Waals surface area contributed by atoms with Gasteiger partial charge in [0.25, 0.3) is 0 Å². The predicted molar refractivity (Wildman–Crippen MR) is 53.0 cm³/mol. The number of ether oxygens (including phenoxy) is 1. The Bertz CT molecular complexity index is 283. The number of amides is 1. The number of nitriles is 1. The number of carbonyl (C=O) groups is 1. The van der Waals surface area contributed by atoms with Crippen LogP contribution in [0.2, 0.25) is 0 Å². The van der Waals surface area contributed by atoms with Gasteiger partial charge in [-0.15, -0.1) is 0 Å². The lowest BCUT2D eigenvalue weighted by Crippen LogP contribution is -2.48. The summed E-state index contributed by atoms with van der Waals surface area (Å²) in [4.78, 5) is 13.4. The molecule has 82 valence electrons. The number of carbonyl (C=O) groups excluding carboxylic acids is 1. The molecule has 1 saturated carbocycles. The highest BCUT2D eigenvalue weighted by Gasteiger charge is 2.26. The zero-order valence-electron chi connectivity index (χ0n) is 8.61. The summed E-state index contributed by atoms with van der Waals surface area (Å²) in [5.41, 5.74) is 0. The molecule has 1 amide bonds. The van der Waals surface area contributed by atoms with Crippen LogP contribution in [0, 0.1) is 11.3 Å². The van der Waals surface area contributed by atoms with E-state index in [0.29, 0.717) is 32.3 Å². The van der Waals surface area contributed by atoms with Crippen molar-refractivity contribution in [2.75, 3.05) is 26.2 Å². The van der Waals surface area contributed by atoms with Crippen LogP contribution >= 0.6 is 0 Å². The third kappa shape index (κ3) is 2.91. The summed E-state index contributed by atoms with van der Waals surface area (Å²) in [6, 6.07) is 2.57. The highest BCUT2D eigenvalue weighted by Crippen LogP contribution is 2.18. The summed E-state index contributed by atoms with van der Waals surface area (Å²) in [5.74, 6) is 0.0745. The number of nitrogens with one attached hydrogen (secondary N) is 1. The highest BCUT2D eigenvalue weighted by atomic mass is 16.5. The van der Waals surface area contributed by atoms with Gasteiger partial charge in [0.15, 0.2) is 6.10 Å². The van der Waals surface area contributed by atoms with Crippen LogP contribution in [-0.2, 0) is 9.53 Å². The minimum Gasteiger partial charge on any atom is -0.360 e. The van der Waals surface area contributed by atoms with E-state index in [1.54, 1.807) is 4.90 Å². The van der Waals surface area contributed by atoms with E-state index in [4.69, 9.17) is 10.00 Å². The van der Waals surface area contributed by atoms with Gasteiger partial charge < -0.3 is 15.0 Å². The molecule has 5 nitrogen and oxygen atoms in total. The smallest absolute Gasteiger partial charge is 0.236 e. The van der Waals surface area contributed by atoms with Crippen LogP contribution in [0.25, 0.3) is 0 Å². The third-order valence-electron chi connectivity index (χ3n) is 2.68. The lowest BCUT2D eigenvalue weighted by atomic mass is 10.3. The van der Waals surface area contributed by atoms with Crippen LogP contribution in [0.5, 0.6) is 0 Å². The van der Waals surface area contributed by atoms with Crippen molar-refractivity contribution < 1.29 is 9.53 Å². The Kier molecular flexibility index (Phi) is 3.19. The zero-order chi connectivity index (χ0) is 10.7. The Balaban J connectivity index is 1.75. The molecule has 1 N–H and O–H groups in total. The van der Waals surface area contributed by atoms with Crippen molar-refractivity contribution in [2.45, 2.75) is 25.0 Å². The zero-order valence-corrected chi connectivity index (χ0v) is 8.61. The summed E-state index contributed by atoms with van der Waals surface area (Å²) >= 11 is 0. The molecule has 0 aromatic heterocycles. The Morgan fingerprint density at radius 1 is 1.60 bits per heavy atom. The molecule has 15 heavy (non-hydrogen) atoms. The first-order chi connectivity index (χ1) is 7.29. The molecule has 1 aliphatic carbocycles. The lowest BCUT2D eigenvalue weighted by Gasteiger charge is -2.29. The minimum absolute atomic E-state index is 0.0745. The maximum Gasteiger partial charge on any atom is 0.236 e. The number of nitrogens with zero attached hydrogens (tertiary/aromatic N) is 2. The molecule has 0 radical (unpaired) electrons. The van der Waals surface area contributed by atoms with Gasteiger partial charge in [0.05, 0.1) is 25.8 Å². The summed E-state index contributed by atoms with van der Waals surface area (Å²) in [6.07, 6.45) is 1.90. The van der Waals surface area contributed by atoms with Gasteiger partial charge in [-0.1, -0.05) is 0 Å². The number of rotatable bonds is 3. The largest absolute Gasteiger partial charge is 0.360 e. The molecule has 2 fully saturated rings. The molecule has 2 aliphatic rings. The van der Waals surface area contributed by atoms with Crippen LogP contribution in [0.4, 0.5) is 0 Å². The topological polar surface area (TPSA) is 65.4 Å². The van der Waals surface area contributed by atoms with E-state index in [0.717, 1.165) is 0 Å². The van der Waals surface area contributed by atoms with Gasteiger partial charge in [-0.05, 0) is 12.8 Å². The van der Waals surface area contributed by atoms with E-state index in [1.165, 1.54) is 12.8 Å². The third-order valence-corrected chi connectivity index (χ3v) is 2.68. The number of morpholine rings is 1. The summed E-state index contributed by atoms with van der Waals surface area (Å²) in [5, 5.41) is 11.9. The molecule has 0 spiro atoms. The first-order valence-electron chi connectivity index (χ1n) is 5.32. The molecule has 1 heterocycles. The SMILES string of the molecule is N#CC1CN(C(=O)CNC2CC2)CCO1. The summed E-state index contributed by atoms with van der Waals surface area (Å²) in [7, 11) is 0. The van der Waals surface area contributed by atoms with Crippen molar-refractivity contribution in [3.05, 3.63) is 0 Å². The maximum absolute atomic E-state index is 11.7. The molecule has 1 unspecified atom stereocenters. The fourth-order valence-corrected chi connectivity index (χ4v) is 1.58. The Morgan fingerprint density at radius 3 is 3.07 bits per heavy atom. The van der Waals surface area contributed by atoms with Crippen LogP contribution in [0.1, 0.15) is 12.8 Å². The van der Waals surface area contributed by atoms with Crippen molar-refractivity contribution in [1.29, 1.82) is 5.26 Å². The second kappa shape index (κ2) is 4.60. The van der Waals surface area contributed by atoms with Gasteiger partial charge in [-0.25, -0.2) is 0 Å². The molecule has 5 heteroatoms. The average molecular weight is 209 g/mol. The first kappa shape index (κ1) is 10.4. The molecule has 1 aliphatic heterocycles. The van der Waals surface area contributed by atoms with Crippen molar-refractivity contribution in [3.63, 3.8) is 0 Å². The molecule has 0 aromatic rings. The highest BCUT2D eigenvalue weighted by molar-refractivity contribution is 5.78. The summed E-state index contributed by atoms with van der Waals surface area (Å²) < 4.78 is 5.17. The minimum atomic E-state index is -0.455. The fourth-order valence-electron chi connectivity index (χ4n) is 1.58. The Labute approximate surface area is 89.0 Å². The second-order valence-corrected chi connectivity index (χ2v) is 3.98. The van der Waals surface area contributed by atoms with Gasteiger partial charge in [0.1, 0.15) is 0 Å². The van der Waals surface area contributed by atoms with Gasteiger partial charge in [-0.3, -0.25) is 4.79 Å².